The van der Waals surface area contributed by atoms with Crippen LogP contribution in [0.2, 0.25) is 10.0 Å². The number of rotatable bonds is 7. The number of aromatic nitrogens is 1. The monoisotopic (exact) mass is 450 g/mol. The van der Waals surface area contributed by atoms with E-state index in [1.54, 1.807) is 39.5 Å². The Bertz CT molecular complexity index is 1080. The van der Waals surface area contributed by atoms with Crippen molar-refractivity contribution in [3.8, 4) is 28.5 Å². The number of halogens is 2. The van der Waals surface area contributed by atoms with Gasteiger partial charge in [-0.15, -0.1) is 17.9 Å². The van der Waals surface area contributed by atoms with E-state index in [4.69, 9.17) is 42.4 Å². The first kappa shape index (κ1) is 21.3. The van der Waals surface area contributed by atoms with Crippen molar-refractivity contribution in [1.82, 2.24) is 4.57 Å². The number of hydrogen-bond donors (Lipinski definition) is 0. The number of benzene rings is 2. The predicted octanol–water partition coefficient (Wildman–Crippen LogP) is 5.97. The molecule has 0 aliphatic heterocycles. The van der Waals surface area contributed by atoms with E-state index in [9.17, 15) is 0 Å². The highest BCUT2D eigenvalue weighted by Crippen LogP contribution is 2.41. The first-order valence-electron chi connectivity index (χ1n) is 8.61. The molecule has 0 aliphatic rings. The predicted molar refractivity (Wildman–Crippen MR) is 119 cm³/mol. The molecule has 0 radical (unpaired) electrons. The van der Waals surface area contributed by atoms with Gasteiger partial charge in [-0.3, -0.25) is 0 Å². The van der Waals surface area contributed by atoms with E-state index in [2.05, 4.69) is 6.58 Å². The zero-order valence-electron chi connectivity index (χ0n) is 16.2. The third-order valence-electron chi connectivity index (χ3n) is 4.20. The lowest BCUT2D eigenvalue weighted by Gasteiger charge is -2.15. The van der Waals surface area contributed by atoms with Crippen LogP contribution in [-0.2, 0) is 6.54 Å². The normalized spacial score (nSPS) is 11.4. The number of hydrogen-bond acceptors (Lipinski definition) is 5. The molecule has 0 unspecified atom stereocenters. The van der Waals surface area contributed by atoms with E-state index in [1.807, 2.05) is 28.2 Å². The largest absolute Gasteiger partial charge is 0.493 e. The molecule has 0 N–H and O–H groups in total. The van der Waals surface area contributed by atoms with Crippen LogP contribution >= 0.6 is 34.5 Å². The Morgan fingerprint density at radius 2 is 1.76 bits per heavy atom. The molecular weight excluding hydrogens is 431 g/mol. The van der Waals surface area contributed by atoms with E-state index in [1.165, 1.54) is 11.3 Å². The second-order valence-electron chi connectivity index (χ2n) is 5.92. The maximum atomic E-state index is 6.30. The van der Waals surface area contributed by atoms with Crippen LogP contribution in [0.1, 0.15) is 0 Å². The summed E-state index contributed by atoms with van der Waals surface area (Å²) in [4.78, 5) is 5.50. The molecule has 3 rings (SSSR count). The highest BCUT2D eigenvalue weighted by Gasteiger charge is 2.16. The quantitative estimate of drug-likeness (QED) is 0.416. The number of ether oxygens (including phenoxy) is 3. The minimum atomic E-state index is 0.491. The van der Waals surface area contributed by atoms with E-state index < -0.39 is 0 Å². The van der Waals surface area contributed by atoms with E-state index in [0.29, 0.717) is 39.5 Å². The molecule has 0 aliphatic carbocycles. The van der Waals surface area contributed by atoms with Crippen LogP contribution in [0, 0.1) is 0 Å². The Morgan fingerprint density at radius 3 is 2.31 bits per heavy atom. The highest BCUT2D eigenvalue weighted by atomic mass is 35.5. The summed E-state index contributed by atoms with van der Waals surface area (Å²) in [5.74, 6) is 1.71. The van der Waals surface area contributed by atoms with Crippen LogP contribution in [0.4, 0.5) is 5.69 Å². The van der Waals surface area contributed by atoms with Crippen molar-refractivity contribution in [3.05, 3.63) is 63.2 Å². The van der Waals surface area contributed by atoms with Crippen molar-refractivity contribution in [3.63, 3.8) is 0 Å². The van der Waals surface area contributed by atoms with Crippen molar-refractivity contribution in [2.75, 3.05) is 21.3 Å². The molecule has 0 amide bonds. The van der Waals surface area contributed by atoms with Crippen molar-refractivity contribution in [1.29, 1.82) is 0 Å². The Balaban J connectivity index is 2.19. The van der Waals surface area contributed by atoms with Crippen LogP contribution in [0.5, 0.6) is 17.2 Å². The molecule has 0 saturated carbocycles. The fourth-order valence-electron chi connectivity index (χ4n) is 2.86. The minimum absolute atomic E-state index is 0.491. The van der Waals surface area contributed by atoms with Gasteiger partial charge in [0.15, 0.2) is 16.3 Å². The Kier molecular flexibility index (Phi) is 6.90. The summed E-state index contributed by atoms with van der Waals surface area (Å²) in [6.07, 6.45) is 1.82. The standard InChI is InChI=1S/C21H20Cl2N2O3S/c1-5-8-25-17(13-9-18(26-2)20(28-4)19(10-13)27-3)12-29-21(25)24-16-7-6-14(22)11-15(16)23/h5-7,9-12H,1,8H2,2-4H3. The van der Waals surface area contributed by atoms with Crippen molar-refractivity contribution in [2.24, 2.45) is 4.99 Å². The van der Waals surface area contributed by atoms with Gasteiger partial charge in [0.25, 0.3) is 0 Å². The number of methoxy groups -OCH3 is 3. The van der Waals surface area contributed by atoms with Gasteiger partial charge >= 0.3 is 0 Å². The molecular formula is C21H20Cl2N2O3S. The van der Waals surface area contributed by atoms with E-state index >= 15 is 0 Å². The maximum Gasteiger partial charge on any atom is 0.203 e. The topological polar surface area (TPSA) is 45.0 Å². The molecule has 5 nitrogen and oxygen atoms in total. The zero-order valence-corrected chi connectivity index (χ0v) is 18.6. The number of allylic oxidation sites excluding steroid dienone is 1. The smallest absolute Gasteiger partial charge is 0.203 e. The van der Waals surface area contributed by atoms with Crippen molar-refractivity contribution >= 4 is 40.2 Å². The summed E-state index contributed by atoms with van der Waals surface area (Å²) in [7, 11) is 4.76. The summed E-state index contributed by atoms with van der Waals surface area (Å²) in [5, 5.41) is 3.08. The van der Waals surface area contributed by atoms with Gasteiger partial charge in [-0.25, -0.2) is 4.99 Å². The Hall–Kier alpha value is -2.41. The average Bonchev–Trinajstić information content (AvgIpc) is 3.11. The van der Waals surface area contributed by atoms with Gasteiger partial charge in [-0.1, -0.05) is 29.3 Å². The van der Waals surface area contributed by atoms with E-state index in [0.717, 1.165) is 16.1 Å². The molecule has 1 aromatic heterocycles. The van der Waals surface area contributed by atoms with Crippen LogP contribution in [-0.4, -0.2) is 25.9 Å². The lowest BCUT2D eigenvalue weighted by molar-refractivity contribution is 0.324. The molecule has 0 saturated heterocycles. The lowest BCUT2D eigenvalue weighted by Crippen LogP contribution is -2.15. The van der Waals surface area contributed by atoms with Gasteiger partial charge < -0.3 is 18.8 Å². The Labute approximate surface area is 183 Å². The van der Waals surface area contributed by atoms with Gasteiger partial charge in [0.05, 0.1) is 37.7 Å². The number of thiazole rings is 1. The fourth-order valence-corrected chi connectivity index (χ4v) is 4.24. The van der Waals surface area contributed by atoms with Gasteiger partial charge in [0, 0.05) is 22.5 Å². The average molecular weight is 451 g/mol. The summed E-state index contributed by atoms with van der Waals surface area (Å²) in [6, 6.07) is 9.04. The molecule has 1 heterocycles. The fraction of sp³-hybridized carbons (Fsp3) is 0.190. The van der Waals surface area contributed by atoms with E-state index in [-0.39, 0.29) is 0 Å². The van der Waals surface area contributed by atoms with Gasteiger partial charge in [-0.2, -0.15) is 0 Å². The van der Waals surface area contributed by atoms with Crippen LogP contribution in [0.3, 0.4) is 0 Å². The number of nitrogens with zero attached hydrogens (tertiary/aromatic N) is 2. The van der Waals surface area contributed by atoms with Crippen molar-refractivity contribution in [2.45, 2.75) is 6.54 Å². The summed E-state index contributed by atoms with van der Waals surface area (Å²) in [5.41, 5.74) is 2.49. The molecule has 152 valence electrons. The summed E-state index contributed by atoms with van der Waals surface area (Å²) in [6.45, 7) is 4.44. The molecule has 0 fully saturated rings. The second kappa shape index (κ2) is 9.39. The molecule has 8 heteroatoms. The third-order valence-corrected chi connectivity index (χ3v) is 5.60. The third kappa shape index (κ3) is 4.45. The maximum absolute atomic E-state index is 6.30. The summed E-state index contributed by atoms with van der Waals surface area (Å²) >= 11 is 13.8. The molecule has 2 aromatic carbocycles. The second-order valence-corrected chi connectivity index (χ2v) is 7.60. The molecule has 0 bridgehead atoms. The zero-order chi connectivity index (χ0) is 21.0. The first-order valence-corrected chi connectivity index (χ1v) is 10.2. The SMILES string of the molecule is C=CCn1c(-c2cc(OC)c(OC)c(OC)c2)csc1=Nc1ccc(Cl)cc1Cl. The van der Waals surface area contributed by atoms with Crippen LogP contribution in [0.15, 0.2) is 53.4 Å². The summed E-state index contributed by atoms with van der Waals surface area (Å²) < 4.78 is 18.4. The molecule has 0 atom stereocenters. The van der Waals surface area contributed by atoms with Crippen LogP contribution < -0.4 is 19.0 Å². The highest BCUT2D eigenvalue weighted by molar-refractivity contribution is 7.07. The molecule has 3 aromatic rings. The van der Waals surface area contributed by atoms with Gasteiger partial charge in [-0.05, 0) is 30.3 Å². The minimum Gasteiger partial charge on any atom is -0.493 e. The lowest BCUT2D eigenvalue weighted by atomic mass is 10.1. The molecule has 0 spiro atoms. The molecule has 29 heavy (non-hydrogen) atoms. The van der Waals surface area contributed by atoms with Gasteiger partial charge in [0.2, 0.25) is 5.75 Å². The van der Waals surface area contributed by atoms with Gasteiger partial charge in [0.1, 0.15) is 0 Å². The van der Waals surface area contributed by atoms with Crippen molar-refractivity contribution < 1.29 is 14.2 Å². The van der Waals surface area contributed by atoms with Crippen LogP contribution in [0.25, 0.3) is 11.3 Å². The first-order chi connectivity index (χ1) is 14.0. The Morgan fingerprint density at radius 1 is 1.07 bits per heavy atom.